The molecule has 3 N–H and O–H groups in total. The zero-order chi connectivity index (χ0) is 29.2. The fourth-order valence-corrected chi connectivity index (χ4v) is 9.92. The van der Waals surface area contributed by atoms with Crippen molar-refractivity contribution in [3.8, 4) is 5.75 Å². The van der Waals surface area contributed by atoms with Gasteiger partial charge in [0.2, 0.25) is 0 Å². The molecule has 226 valence electrons. The van der Waals surface area contributed by atoms with Crippen molar-refractivity contribution in [1.29, 1.82) is 0 Å². The van der Waals surface area contributed by atoms with Gasteiger partial charge in [-0.3, -0.25) is 14.7 Å². The van der Waals surface area contributed by atoms with Gasteiger partial charge in [-0.25, -0.2) is 0 Å². The van der Waals surface area contributed by atoms with Gasteiger partial charge in [0.15, 0.2) is 0 Å². The first kappa shape index (κ1) is 27.5. The first-order chi connectivity index (χ1) is 21.0. The van der Waals surface area contributed by atoms with E-state index in [-0.39, 0.29) is 23.1 Å². The summed E-state index contributed by atoms with van der Waals surface area (Å²) in [4.78, 5) is 26.5. The first-order valence-corrected chi connectivity index (χ1v) is 16.7. The number of nitrogens with one attached hydrogen (secondary N) is 1. The van der Waals surface area contributed by atoms with Gasteiger partial charge in [-0.05, 0) is 107 Å². The molecule has 2 unspecified atom stereocenters. The zero-order valence-corrected chi connectivity index (χ0v) is 25.1. The second-order valence-electron chi connectivity index (χ2n) is 14.0. The summed E-state index contributed by atoms with van der Waals surface area (Å²) in [6.07, 6.45) is 18.9. The van der Waals surface area contributed by atoms with E-state index in [2.05, 4.69) is 39.1 Å². The molecule has 1 aromatic carbocycles. The van der Waals surface area contributed by atoms with Crippen LogP contribution in [0, 0.1) is 11.3 Å². The molecule has 6 heterocycles. The standard InChI is InChI=1S/C36H44N4O3/c41-25-9-8-19-40-24(12-13-25)21-35-23-39-18-6-4-2-1-3-5-16-36(43,34(35)40)22-28(29(35)15-20-39)32-33-27(14-17-37-32)26-10-7-11-30(42)31(26)38-33/h1,3,7,10-11,14,17,22,24,29,34,38,42-43H,2,4-6,8-9,12-13,15-16,18-21,23H2/b3-1-/t24?,29-,34+,35-,36-/m0/s1. The summed E-state index contributed by atoms with van der Waals surface area (Å²) in [5.41, 5.74) is 2.63. The molecule has 3 aromatic rings. The van der Waals surface area contributed by atoms with E-state index in [1.54, 1.807) is 6.07 Å². The highest BCUT2D eigenvalue weighted by atomic mass is 16.3. The fourth-order valence-electron chi connectivity index (χ4n) is 9.92. The van der Waals surface area contributed by atoms with Crippen LogP contribution in [0.15, 0.2) is 48.7 Å². The van der Waals surface area contributed by atoms with Crippen LogP contribution in [-0.2, 0) is 4.79 Å². The summed E-state index contributed by atoms with van der Waals surface area (Å²) >= 11 is 0. The lowest BCUT2D eigenvalue weighted by atomic mass is 9.54. The fraction of sp³-hybridized carbons (Fsp3) is 0.556. The third-order valence-electron chi connectivity index (χ3n) is 11.6. The lowest BCUT2D eigenvalue weighted by Gasteiger charge is -2.58. The molecule has 7 heteroatoms. The van der Waals surface area contributed by atoms with Gasteiger partial charge in [-0.2, -0.15) is 0 Å². The summed E-state index contributed by atoms with van der Waals surface area (Å²) in [6, 6.07) is 8.04. The molecule has 3 bridgehead atoms. The second kappa shape index (κ2) is 10.6. The van der Waals surface area contributed by atoms with E-state index in [4.69, 9.17) is 4.98 Å². The lowest BCUT2D eigenvalue weighted by molar-refractivity contribution is -0.120. The molecule has 5 aliphatic rings. The van der Waals surface area contributed by atoms with Gasteiger partial charge < -0.3 is 20.1 Å². The third kappa shape index (κ3) is 4.41. The number of hydrogen-bond acceptors (Lipinski definition) is 6. The van der Waals surface area contributed by atoms with E-state index in [0.29, 0.717) is 31.1 Å². The molecule has 3 fully saturated rings. The number of para-hydroxylation sites is 1. The number of rotatable bonds is 1. The number of phenols is 1. The Morgan fingerprint density at radius 3 is 2.77 bits per heavy atom. The molecule has 7 nitrogen and oxygen atoms in total. The number of phenolic OH excluding ortho intramolecular Hbond substituents is 1. The van der Waals surface area contributed by atoms with Crippen LogP contribution in [0.1, 0.15) is 76.3 Å². The predicted molar refractivity (Wildman–Crippen MR) is 170 cm³/mol. The van der Waals surface area contributed by atoms with Crippen LogP contribution in [0.2, 0.25) is 0 Å². The molecule has 6 atom stereocenters. The summed E-state index contributed by atoms with van der Waals surface area (Å²) in [6.45, 7) is 4.02. The topological polar surface area (TPSA) is 92.7 Å². The smallest absolute Gasteiger partial charge is 0.139 e. The number of aliphatic hydroxyl groups is 1. The summed E-state index contributed by atoms with van der Waals surface area (Å²) in [7, 11) is 0. The number of nitrogens with zero attached hydrogens (tertiary/aromatic N) is 3. The molecule has 0 amide bonds. The van der Waals surface area contributed by atoms with Gasteiger partial charge in [0.25, 0.3) is 0 Å². The minimum atomic E-state index is -1.01. The lowest BCUT2D eigenvalue weighted by Crippen LogP contribution is -2.65. The third-order valence-corrected chi connectivity index (χ3v) is 11.6. The van der Waals surface area contributed by atoms with Crippen LogP contribution in [0.25, 0.3) is 27.4 Å². The molecule has 3 saturated heterocycles. The van der Waals surface area contributed by atoms with Crippen molar-refractivity contribution < 1.29 is 15.0 Å². The van der Waals surface area contributed by atoms with Crippen molar-refractivity contribution in [3.63, 3.8) is 0 Å². The predicted octanol–water partition coefficient (Wildman–Crippen LogP) is 5.96. The Kier molecular flexibility index (Phi) is 6.77. The molecule has 1 aliphatic carbocycles. The minimum absolute atomic E-state index is 0.0230. The molecular formula is C36H44N4O3. The van der Waals surface area contributed by atoms with Crippen molar-refractivity contribution in [3.05, 3.63) is 54.4 Å². The number of hydrogen-bond donors (Lipinski definition) is 3. The van der Waals surface area contributed by atoms with Gasteiger partial charge >= 0.3 is 0 Å². The van der Waals surface area contributed by atoms with Crippen LogP contribution in [0.3, 0.4) is 0 Å². The molecule has 4 aliphatic heterocycles. The van der Waals surface area contributed by atoms with E-state index < -0.39 is 5.60 Å². The van der Waals surface area contributed by atoms with Crippen LogP contribution in [0.5, 0.6) is 5.75 Å². The highest BCUT2D eigenvalue weighted by Gasteiger charge is 2.66. The largest absolute Gasteiger partial charge is 0.506 e. The number of ketones is 1. The van der Waals surface area contributed by atoms with Gasteiger partial charge in [-0.15, -0.1) is 0 Å². The molecule has 2 aromatic heterocycles. The molecule has 0 radical (unpaired) electrons. The number of piperidine rings is 1. The van der Waals surface area contributed by atoms with Crippen molar-refractivity contribution in [2.24, 2.45) is 11.3 Å². The number of fused-ring (bicyclic) bond motifs is 5. The van der Waals surface area contributed by atoms with Gasteiger partial charge in [0.05, 0.1) is 22.3 Å². The summed E-state index contributed by atoms with van der Waals surface area (Å²) in [5, 5.41) is 25.8. The highest BCUT2D eigenvalue weighted by Crippen LogP contribution is 2.62. The average molecular weight is 581 g/mol. The van der Waals surface area contributed by atoms with Gasteiger partial charge in [-0.1, -0.05) is 24.3 Å². The SMILES string of the molecule is O=C1CCCN2C(CC1)C[C@]13CN4CCCC/C=C\CC[C@](O)(C=C(c5nccc6c5[nH]c5c(O)cccc56)[C@@H]1CC4)[C@H]23. The van der Waals surface area contributed by atoms with Gasteiger partial charge in [0.1, 0.15) is 11.5 Å². The maximum Gasteiger partial charge on any atom is 0.139 e. The highest BCUT2D eigenvalue weighted by molar-refractivity contribution is 6.11. The normalized spacial score (nSPS) is 36.1. The summed E-state index contributed by atoms with van der Waals surface area (Å²) < 4.78 is 0. The number of aromatic nitrogens is 2. The van der Waals surface area contributed by atoms with Gasteiger partial charge in [0, 0.05) is 53.9 Å². The Bertz CT molecular complexity index is 1630. The van der Waals surface area contributed by atoms with Crippen LogP contribution < -0.4 is 0 Å². The Morgan fingerprint density at radius 1 is 0.953 bits per heavy atom. The number of carbonyl (C=O) groups is 1. The number of carbonyl (C=O) groups excluding carboxylic acids is 1. The van der Waals surface area contributed by atoms with E-state index >= 15 is 0 Å². The number of H-pyrrole nitrogens is 1. The number of aromatic hydroxyl groups is 1. The van der Waals surface area contributed by atoms with E-state index in [1.165, 1.54) is 18.4 Å². The maximum absolute atomic E-state index is 13.1. The summed E-state index contributed by atoms with van der Waals surface area (Å²) in [5.74, 6) is 0.898. The van der Waals surface area contributed by atoms with Crippen molar-refractivity contribution in [2.75, 3.05) is 26.2 Å². The maximum atomic E-state index is 13.1. The number of benzene rings is 1. The number of allylic oxidation sites excluding steroid dienone is 3. The Balaban J connectivity index is 1.34. The number of aromatic amines is 1. The minimum Gasteiger partial charge on any atom is -0.506 e. The van der Waals surface area contributed by atoms with Crippen molar-refractivity contribution in [1.82, 2.24) is 19.8 Å². The Hall–Kier alpha value is -3.00. The monoisotopic (exact) mass is 580 g/mol. The van der Waals surface area contributed by atoms with E-state index in [9.17, 15) is 15.0 Å². The van der Waals surface area contributed by atoms with Crippen molar-refractivity contribution in [2.45, 2.75) is 88.3 Å². The van der Waals surface area contributed by atoms with Crippen LogP contribution >= 0.6 is 0 Å². The molecule has 8 rings (SSSR count). The number of Topliss-reactive ketones (excluding diaryl/α,β-unsaturated/α-hetero) is 1. The van der Waals surface area contributed by atoms with Crippen LogP contribution in [-0.4, -0.2) is 79.6 Å². The molecule has 1 spiro atoms. The average Bonchev–Trinajstić information content (AvgIpc) is 3.52. The van der Waals surface area contributed by atoms with E-state index in [1.807, 2.05) is 18.3 Å². The quantitative estimate of drug-likeness (QED) is 0.308. The molecule has 0 saturated carbocycles. The Morgan fingerprint density at radius 2 is 1.84 bits per heavy atom. The molecule has 43 heavy (non-hydrogen) atoms. The number of pyridine rings is 1. The second-order valence-corrected chi connectivity index (χ2v) is 14.0. The first-order valence-electron chi connectivity index (χ1n) is 16.7. The van der Waals surface area contributed by atoms with Crippen molar-refractivity contribution >= 4 is 33.2 Å². The Labute approximate surface area is 253 Å². The zero-order valence-electron chi connectivity index (χ0n) is 25.1. The van der Waals surface area contributed by atoms with Crippen LogP contribution in [0.4, 0.5) is 0 Å². The van der Waals surface area contributed by atoms with E-state index in [0.717, 1.165) is 92.2 Å². The molecular weight excluding hydrogens is 536 g/mol.